The Balaban J connectivity index is 1.94. The lowest BCUT2D eigenvalue weighted by Crippen LogP contribution is -2.41. The largest absolute Gasteiger partial charge is 0.366 e. The highest BCUT2D eigenvalue weighted by atomic mass is 16.5. The fraction of sp³-hybridized carbons (Fsp3) is 0.417. The van der Waals surface area contributed by atoms with Crippen molar-refractivity contribution in [3.8, 4) is 0 Å². The normalized spacial score (nSPS) is 27.8. The van der Waals surface area contributed by atoms with Gasteiger partial charge in [0.1, 0.15) is 6.10 Å². The van der Waals surface area contributed by atoms with Crippen LogP contribution in [0.5, 0.6) is 0 Å². The zero-order valence-electron chi connectivity index (χ0n) is 8.93. The summed E-state index contributed by atoms with van der Waals surface area (Å²) in [5.74, 6) is 0.0884. The Hall–Kier alpha value is -1.39. The average molecular weight is 218 g/mol. The lowest BCUT2D eigenvalue weighted by atomic mass is 10.1. The van der Waals surface area contributed by atoms with E-state index in [0.717, 1.165) is 17.7 Å². The third-order valence-corrected chi connectivity index (χ3v) is 3.28. The maximum atomic E-state index is 11.9. The summed E-state index contributed by atoms with van der Waals surface area (Å²) in [4.78, 5) is 13.8. The second kappa shape index (κ2) is 3.57. The molecule has 0 saturated carbocycles. The van der Waals surface area contributed by atoms with Crippen LogP contribution in [0.2, 0.25) is 0 Å². The number of nitrogens with zero attached hydrogens (tertiary/aromatic N) is 1. The van der Waals surface area contributed by atoms with E-state index >= 15 is 0 Å². The fourth-order valence-electron chi connectivity index (χ4n) is 2.47. The first-order chi connectivity index (χ1) is 7.79. The van der Waals surface area contributed by atoms with Crippen LogP contribution < -0.4 is 10.6 Å². The molecule has 0 aromatic heterocycles. The second-order valence-electron chi connectivity index (χ2n) is 4.29. The minimum absolute atomic E-state index is 0.0884. The summed E-state index contributed by atoms with van der Waals surface area (Å²) in [6.07, 6.45) is 0.609. The molecule has 0 spiro atoms. The van der Waals surface area contributed by atoms with Crippen LogP contribution in [0.15, 0.2) is 24.3 Å². The van der Waals surface area contributed by atoms with Crippen LogP contribution in [0.25, 0.3) is 0 Å². The number of ether oxygens (including phenoxy) is 1. The van der Waals surface area contributed by atoms with Gasteiger partial charge in [-0.05, 0) is 17.7 Å². The topological polar surface area (TPSA) is 55.6 Å². The van der Waals surface area contributed by atoms with Gasteiger partial charge in [0.15, 0.2) is 0 Å². The monoisotopic (exact) mass is 218 g/mol. The highest BCUT2D eigenvalue weighted by Crippen LogP contribution is 2.33. The molecule has 4 heteroatoms. The zero-order chi connectivity index (χ0) is 11.1. The van der Waals surface area contributed by atoms with Crippen molar-refractivity contribution in [1.29, 1.82) is 0 Å². The number of nitrogens with two attached hydrogens (primary N) is 1. The van der Waals surface area contributed by atoms with Crippen molar-refractivity contribution in [3.63, 3.8) is 0 Å². The van der Waals surface area contributed by atoms with Gasteiger partial charge in [0.25, 0.3) is 5.91 Å². The molecule has 2 atom stereocenters. The number of hydrogen-bond donors (Lipinski definition) is 1. The van der Waals surface area contributed by atoms with Crippen LogP contribution in [0, 0.1) is 0 Å². The highest BCUT2D eigenvalue weighted by molar-refractivity contribution is 6.00. The molecular weight excluding hydrogens is 204 g/mol. The van der Waals surface area contributed by atoms with Gasteiger partial charge in [-0.25, -0.2) is 0 Å². The summed E-state index contributed by atoms with van der Waals surface area (Å²) in [6, 6.07) is 8.07. The van der Waals surface area contributed by atoms with Gasteiger partial charge in [-0.1, -0.05) is 12.1 Å². The molecule has 1 aromatic rings. The predicted octanol–water partition coefficient (Wildman–Crippen LogP) is 0.649. The van der Waals surface area contributed by atoms with Crippen molar-refractivity contribution in [2.75, 3.05) is 11.5 Å². The summed E-state index contributed by atoms with van der Waals surface area (Å²) in [6.45, 7) is 1.16. The van der Waals surface area contributed by atoms with E-state index in [0.29, 0.717) is 13.2 Å². The summed E-state index contributed by atoms with van der Waals surface area (Å²) in [7, 11) is 0. The van der Waals surface area contributed by atoms with Gasteiger partial charge in [-0.15, -0.1) is 0 Å². The molecule has 2 bridgehead atoms. The number of carbonyl (C=O) groups excluding carboxylic acids is 1. The summed E-state index contributed by atoms with van der Waals surface area (Å²) >= 11 is 0. The van der Waals surface area contributed by atoms with Gasteiger partial charge in [0.2, 0.25) is 0 Å². The first kappa shape index (κ1) is 9.81. The number of hydrogen-bond acceptors (Lipinski definition) is 3. The number of benzene rings is 1. The molecule has 3 rings (SSSR count). The molecule has 2 unspecified atom stereocenters. The first-order valence-electron chi connectivity index (χ1n) is 5.53. The molecule has 2 heterocycles. The van der Waals surface area contributed by atoms with E-state index in [1.165, 1.54) is 0 Å². The first-order valence-corrected chi connectivity index (χ1v) is 5.53. The summed E-state index contributed by atoms with van der Waals surface area (Å²) in [5, 5.41) is 0. The van der Waals surface area contributed by atoms with Crippen molar-refractivity contribution in [2.24, 2.45) is 5.73 Å². The number of morpholine rings is 1. The van der Waals surface area contributed by atoms with E-state index < -0.39 is 0 Å². The van der Waals surface area contributed by atoms with Crippen molar-refractivity contribution >= 4 is 11.6 Å². The van der Waals surface area contributed by atoms with Crippen LogP contribution in [-0.4, -0.2) is 24.7 Å². The molecule has 2 fully saturated rings. The summed E-state index contributed by atoms with van der Waals surface area (Å²) < 4.78 is 5.36. The molecule has 2 aliphatic rings. The molecule has 1 aromatic carbocycles. The van der Waals surface area contributed by atoms with Crippen molar-refractivity contribution in [1.82, 2.24) is 0 Å². The third kappa shape index (κ3) is 1.34. The molecule has 2 aliphatic heterocycles. The molecule has 0 aliphatic carbocycles. The highest BCUT2D eigenvalue weighted by Gasteiger charge is 2.46. The van der Waals surface area contributed by atoms with Gasteiger partial charge < -0.3 is 15.4 Å². The molecular formula is C12H14N2O2. The smallest absolute Gasteiger partial charge is 0.256 e. The van der Waals surface area contributed by atoms with E-state index in [-0.39, 0.29) is 18.1 Å². The van der Waals surface area contributed by atoms with Gasteiger partial charge >= 0.3 is 0 Å². The van der Waals surface area contributed by atoms with E-state index in [9.17, 15) is 4.79 Å². The zero-order valence-corrected chi connectivity index (χ0v) is 8.93. The molecule has 2 N–H and O–H groups in total. The quantitative estimate of drug-likeness (QED) is 0.793. The lowest BCUT2D eigenvalue weighted by Gasteiger charge is -2.27. The van der Waals surface area contributed by atoms with Crippen molar-refractivity contribution < 1.29 is 9.53 Å². The SMILES string of the molecule is NCc1cccc(N2C(=O)C3CC2CO3)c1. The average Bonchev–Trinajstić information content (AvgIpc) is 2.89. The van der Waals surface area contributed by atoms with Gasteiger partial charge in [0.05, 0.1) is 12.6 Å². The second-order valence-corrected chi connectivity index (χ2v) is 4.29. The number of carbonyl (C=O) groups is 1. The maximum Gasteiger partial charge on any atom is 0.256 e. The predicted molar refractivity (Wildman–Crippen MR) is 60.0 cm³/mol. The van der Waals surface area contributed by atoms with Gasteiger partial charge in [-0.2, -0.15) is 0 Å². The van der Waals surface area contributed by atoms with Gasteiger partial charge in [0, 0.05) is 18.7 Å². The van der Waals surface area contributed by atoms with Crippen LogP contribution in [0.3, 0.4) is 0 Å². The molecule has 0 radical (unpaired) electrons. The van der Waals surface area contributed by atoms with Crippen LogP contribution in [-0.2, 0) is 16.1 Å². The number of amides is 1. The number of fused-ring (bicyclic) bond motifs is 2. The Morgan fingerprint density at radius 3 is 3.06 bits per heavy atom. The Kier molecular flexibility index (Phi) is 2.19. The Morgan fingerprint density at radius 2 is 2.38 bits per heavy atom. The van der Waals surface area contributed by atoms with Crippen molar-refractivity contribution in [2.45, 2.75) is 25.1 Å². The third-order valence-electron chi connectivity index (χ3n) is 3.28. The molecule has 1 amide bonds. The maximum absolute atomic E-state index is 11.9. The van der Waals surface area contributed by atoms with Crippen LogP contribution >= 0.6 is 0 Å². The van der Waals surface area contributed by atoms with Crippen LogP contribution in [0.4, 0.5) is 5.69 Å². The van der Waals surface area contributed by atoms with E-state index in [1.54, 1.807) is 0 Å². The van der Waals surface area contributed by atoms with Crippen LogP contribution in [0.1, 0.15) is 12.0 Å². The molecule has 2 saturated heterocycles. The Bertz CT molecular complexity index is 433. The minimum atomic E-state index is -0.216. The van der Waals surface area contributed by atoms with E-state index in [4.69, 9.17) is 10.5 Å². The Morgan fingerprint density at radius 1 is 1.50 bits per heavy atom. The molecule has 4 nitrogen and oxygen atoms in total. The summed E-state index contributed by atoms with van der Waals surface area (Å²) in [5.41, 5.74) is 7.60. The Labute approximate surface area is 94.0 Å². The van der Waals surface area contributed by atoms with Gasteiger partial charge in [-0.3, -0.25) is 4.79 Å². The van der Waals surface area contributed by atoms with E-state index in [2.05, 4.69) is 0 Å². The minimum Gasteiger partial charge on any atom is -0.366 e. The van der Waals surface area contributed by atoms with E-state index in [1.807, 2.05) is 29.2 Å². The number of anilines is 1. The molecule has 16 heavy (non-hydrogen) atoms. The molecule has 84 valence electrons. The fourth-order valence-corrected chi connectivity index (χ4v) is 2.47. The van der Waals surface area contributed by atoms with Crippen molar-refractivity contribution in [3.05, 3.63) is 29.8 Å². The lowest BCUT2D eigenvalue weighted by molar-refractivity contribution is -0.128. The standard InChI is InChI=1S/C12H14N2O2/c13-6-8-2-1-3-9(4-8)14-10-5-11(12(14)15)16-7-10/h1-4,10-11H,5-7,13H2. The number of rotatable bonds is 2.